The van der Waals surface area contributed by atoms with E-state index in [0.29, 0.717) is 56.4 Å². The number of sulfonamides is 2. The van der Waals surface area contributed by atoms with Crippen LogP contribution in [0.1, 0.15) is 43.7 Å². The molecule has 0 aromatic heterocycles. The molecule has 11 nitrogen and oxygen atoms in total. The van der Waals surface area contributed by atoms with Crippen LogP contribution in [0.15, 0.2) is 121 Å². The quantitative estimate of drug-likeness (QED) is 0.117. The van der Waals surface area contributed by atoms with Gasteiger partial charge in [0.1, 0.15) is 5.75 Å². The van der Waals surface area contributed by atoms with Crippen molar-refractivity contribution < 1.29 is 39.5 Å². The van der Waals surface area contributed by atoms with Gasteiger partial charge in [0.2, 0.25) is 20.0 Å². The minimum Gasteiger partial charge on any atom is -0.406 e. The van der Waals surface area contributed by atoms with E-state index >= 15 is 0 Å². The number of hydrogen-bond acceptors (Lipinski definition) is 8. The maximum atomic E-state index is 13.1. The van der Waals surface area contributed by atoms with Crippen LogP contribution in [0.2, 0.25) is 0 Å². The Morgan fingerprint density at radius 3 is 1.48 bits per heavy atom. The average Bonchev–Trinajstić information content (AvgIpc) is 3.27. The minimum absolute atomic E-state index is 0.116. The van der Waals surface area contributed by atoms with E-state index in [-0.39, 0.29) is 18.2 Å². The lowest BCUT2D eigenvalue weighted by atomic mass is 9.91. The van der Waals surface area contributed by atoms with Crippen LogP contribution in [0.4, 0.5) is 35.9 Å². The van der Waals surface area contributed by atoms with Gasteiger partial charge >= 0.3 is 6.36 Å². The highest BCUT2D eigenvalue weighted by Gasteiger charge is 2.31. The zero-order valence-corrected chi connectivity index (χ0v) is 38.6. The van der Waals surface area contributed by atoms with Gasteiger partial charge in [-0.3, -0.25) is 4.79 Å². The number of amides is 1. The number of alkyl halides is 3. The Morgan fingerprint density at radius 2 is 1.08 bits per heavy atom. The first kappa shape index (κ1) is 46.3. The molecule has 0 spiro atoms. The van der Waals surface area contributed by atoms with E-state index in [4.69, 9.17) is 0 Å². The molecule has 0 radical (unpaired) electrons. The predicted molar refractivity (Wildman–Crippen MR) is 253 cm³/mol. The first-order valence-electron chi connectivity index (χ1n) is 21.4. The second kappa shape index (κ2) is 18.6. The number of benzene rings is 6. The number of carbonyl (C=O) groups is 1. The summed E-state index contributed by atoms with van der Waals surface area (Å²) in [6.45, 7) is 1.32. The standard InChI is InChI=1S/C50H50F3N5O6S2/c1-56(2)49(59)37-15-13-33(14-16-37)45-29-40(54-47-9-5-7-38-31-57(65(3,60)61)27-25-43(38)47)21-17-34(45)11-12-35-18-22-41(30-46(35)36-19-23-42(24-20-36)64-50(51,52)53)55-48-10-6-8-39-32-58(66(4,62)63)28-26-44(39)48/h5-10,13-24,29-30,54-55H,11-12,25-28,31-32H2,1-4H3. The smallest absolute Gasteiger partial charge is 0.406 e. The summed E-state index contributed by atoms with van der Waals surface area (Å²) in [4.78, 5) is 14.4. The Bertz CT molecular complexity index is 3020. The monoisotopic (exact) mass is 937 g/mol. The highest BCUT2D eigenvalue weighted by molar-refractivity contribution is 7.88. The molecule has 8 rings (SSSR count). The average molecular weight is 938 g/mol. The van der Waals surface area contributed by atoms with Crippen molar-refractivity contribution in [2.75, 3.05) is 50.3 Å². The third-order valence-electron chi connectivity index (χ3n) is 12.1. The van der Waals surface area contributed by atoms with Crippen LogP contribution in [-0.4, -0.2) is 82.3 Å². The van der Waals surface area contributed by atoms with Crippen molar-refractivity contribution in [2.24, 2.45) is 0 Å². The van der Waals surface area contributed by atoms with Gasteiger partial charge < -0.3 is 20.3 Å². The first-order chi connectivity index (χ1) is 31.3. The Balaban J connectivity index is 1.13. The first-order valence-corrected chi connectivity index (χ1v) is 25.1. The molecule has 2 N–H and O–H groups in total. The molecule has 0 saturated carbocycles. The predicted octanol–water partition coefficient (Wildman–Crippen LogP) is 9.53. The third kappa shape index (κ3) is 10.7. The number of carbonyl (C=O) groups excluding carboxylic acids is 1. The fraction of sp³-hybridized carbons (Fsp3) is 0.260. The van der Waals surface area contributed by atoms with Crippen LogP contribution >= 0.6 is 0 Å². The van der Waals surface area contributed by atoms with Crippen LogP contribution < -0.4 is 15.4 Å². The Labute approximate surface area is 383 Å². The molecule has 6 aromatic rings. The van der Waals surface area contributed by atoms with E-state index < -0.39 is 26.4 Å². The molecule has 0 bridgehead atoms. The van der Waals surface area contributed by atoms with Crippen molar-refractivity contribution in [2.45, 2.75) is 45.1 Å². The number of aryl methyl sites for hydroxylation is 2. The summed E-state index contributed by atoms with van der Waals surface area (Å²) in [5.74, 6) is -0.445. The Kier molecular flexibility index (Phi) is 13.0. The van der Waals surface area contributed by atoms with Gasteiger partial charge in [-0.25, -0.2) is 16.8 Å². The van der Waals surface area contributed by atoms with Crippen LogP contribution in [-0.2, 0) is 58.8 Å². The second-order valence-electron chi connectivity index (χ2n) is 16.9. The lowest BCUT2D eigenvalue weighted by molar-refractivity contribution is -0.274. The highest BCUT2D eigenvalue weighted by Crippen LogP contribution is 2.37. The lowest BCUT2D eigenvalue weighted by Crippen LogP contribution is -2.35. The summed E-state index contributed by atoms with van der Waals surface area (Å²) in [6, 6.07) is 37.0. The summed E-state index contributed by atoms with van der Waals surface area (Å²) in [5.41, 5.74) is 13.1. The molecule has 0 unspecified atom stereocenters. The van der Waals surface area contributed by atoms with E-state index in [1.165, 1.54) is 38.2 Å². The van der Waals surface area contributed by atoms with Crippen LogP contribution in [0.3, 0.4) is 0 Å². The summed E-state index contributed by atoms with van der Waals surface area (Å²) < 4.78 is 95.9. The molecule has 344 valence electrons. The minimum atomic E-state index is -4.84. The number of nitrogens with one attached hydrogen (secondary N) is 2. The fourth-order valence-corrected chi connectivity index (χ4v) is 10.3. The Morgan fingerprint density at radius 1 is 0.636 bits per heavy atom. The Hall–Kier alpha value is -6.20. The molecule has 2 aliphatic rings. The number of nitrogens with zero attached hydrogens (tertiary/aromatic N) is 3. The van der Waals surface area contributed by atoms with Gasteiger partial charge in [-0.2, -0.15) is 8.61 Å². The van der Waals surface area contributed by atoms with Gasteiger partial charge in [-0.05, 0) is 142 Å². The number of anilines is 4. The topological polar surface area (TPSA) is 128 Å². The molecule has 1 amide bonds. The van der Waals surface area contributed by atoms with Crippen molar-refractivity contribution in [3.63, 3.8) is 0 Å². The van der Waals surface area contributed by atoms with E-state index in [1.807, 2.05) is 84.9 Å². The molecule has 2 aliphatic heterocycles. The van der Waals surface area contributed by atoms with E-state index in [0.717, 1.165) is 72.8 Å². The fourth-order valence-electron chi connectivity index (χ4n) is 8.72. The SMILES string of the molecule is CN(C)C(=O)c1ccc(-c2cc(Nc3cccc4c3CCN(S(C)(=O)=O)C4)ccc2CCc2ccc(Nc3cccc4c3CCN(S(C)(=O)=O)C4)cc2-c2ccc(OC(F)(F)F)cc2)cc1. The van der Waals surface area contributed by atoms with Gasteiger partial charge in [-0.15, -0.1) is 13.2 Å². The van der Waals surface area contributed by atoms with Crippen LogP contribution in [0, 0.1) is 0 Å². The molecule has 66 heavy (non-hydrogen) atoms. The molecular formula is C50H50F3N5O6S2. The number of rotatable bonds is 13. The van der Waals surface area contributed by atoms with Gasteiger partial charge in [-0.1, -0.05) is 60.7 Å². The summed E-state index contributed by atoms with van der Waals surface area (Å²) in [6.07, 6.45) is -0.179. The van der Waals surface area contributed by atoms with Crippen LogP contribution in [0.25, 0.3) is 22.3 Å². The van der Waals surface area contributed by atoms with Crippen LogP contribution in [0.5, 0.6) is 5.75 Å². The zero-order chi connectivity index (χ0) is 47.0. The van der Waals surface area contributed by atoms with E-state index in [9.17, 15) is 34.8 Å². The van der Waals surface area contributed by atoms with Gasteiger partial charge in [0, 0.05) is 68.6 Å². The number of ether oxygens (including phenoxy) is 1. The van der Waals surface area contributed by atoms with E-state index in [2.05, 4.69) is 27.5 Å². The molecular weight excluding hydrogens is 888 g/mol. The maximum Gasteiger partial charge on any atom is 0.573 e. The van der Waals surface area contributed by atoms with Gasteiger partial charge in [0.15, 0.2) is 0 Å². The molecule has 2 heterocycles. The van der Waals surface area contributed by atoms with Crippen molar-refractivity contribution in [1.29, 1.82) is 0 Å². The normalized spacial score (nSPS) is 14.5. The molecule has 0 fully saturated rings. The van der Waals surface area contributed by atoms with Crippen molar-refractivity contribution >= 4 is 48.7 Å². The summed E-state index contributed by atoms with van der Waals surface area (Å²) in [5, 5.41) is 7.14. The molecule has 0 aliphatic carbocycles. The van der Waals surface area contributed by atoms with Crippen molar-refractivity contribution in [3.8, 4) is 28.0 Å². The molecule has 0 atom stereocenters. The van der Waals surface area contributed by atoms with Crippen molar-refractivity contribution in [1.82, 2.24) is 13.5 Å². The largest absolute Gasteiger partial charge is 0.573 e. The summed E-state index contributed by atoms with van der Waals surface area (Å²) in [7, 11) is -3.30. The van der Waals surface area contributed by atoms with Crippen molar-refractivity contribution in [3.05, 3.63) is 160 Å². The highest BCUT2D eigenvalue weighted by atomic mass is 32.2. The number of hydrogen-bond donors (Lipinski definition) is 2. The third-order valence-corrected chi connectivity index (χ3v) is 14.6. The van der Waals surface area contributed by atoms with Gasteiger partial charge in [0.05, 0.1) is 12.5 Å². The van der Waals surface area contributed by atoms with Gasteiger partial charge in [0.25, 0.3) is 5.91 Å². The number of fused-ring (bicyclic) bond motifs is 2. The zero-order valence-electron chi connectivity index (χ0n) is 36.9. The maximum absolute atomic E-state index is 13.1. The number of halogens is 3. The molecule has 16 heteroatoms. The van der Waals surface area contributed by atoms with E-state index in [1.54, 1.807) is 26.2 Å². The molecule has 0 saturated heterocycles. The second-order valence-corrected chi connectivity index (χ2v) is 20.9. The summed E-state index contributed by atoms with van der Waals surface area (Å²) >= 11 is 0. The lowest BCUT2D eigenvalue weighted by Gasteiger charge is -2.28. The molecule has 6 aromatic carbocycles.